The number of rotatable bonds is 6. The number of oxime groups is 1. The number of nitrogens with two attached hydrogens (primary N) is 2. The Labute approximate surface area is 76.1 Å². The summed E-state index contributed by atoms with van der Waals surface area (Å²) in [6, 6.07) is -0.543. The van der Waals surface area contributed by atoms with Crippen LogP contribution in [0.3, 0.4) is 0 Å². The summed E-state index contributed by atoms with van der Waals surface area (Å²) in [5, 5.41) is 16.3. The Hall–Kier alpha value is -1.50. The van der Waals surface area contributed by atoms with E-state index in [4.69, 9.17) is 16.7 Å². The smallest absolute Gasteiger partial charge is 0.312 e. The van der Waals surface area contributed by atoms with Gasteiger partial charge in [-0.15, -0.1) is 0 Å². The Bertz CT molecular complexity index is 182. The third kappa shape index (κ3) is 8.41. The summed E-state index contributed by atoms with van der Waals surface area (Å²) in [5.41, 5.74) is 10.0. The molecule has 0 saturated carbocycles. The van der Waals surface area contributed by atoms with E-state index in [1.807, 2.05) is 0 Å². The van der Waals surface area contributed by atoms with Crippen molar-refractivity contribution in [3.63, 3.8) is 0 Å². The van der Waals surface area contributed by atoms with Crippen molar-refractivity contribution in [1.82, 2.24) is 10.6 Å². The van der Waals surface area contributed by atoms with E-state index < -0.39 is 6.03 Å². The molecule has 0 aromatic heterocycles. The standard InChI is InChI=1S/C6H15N5O2/c7-5(11-13)1-2-9-3-4-10-6(8)12/h9,13H,1-4H2,(H2,7,11)(H3,8,10,12). The molecule has 0 aliphatic heterocycles. The summed E-state index contributed by atoms with van der Waals surface area (Å²) < 4.78 is 0. The van der Waals surface area contributed by atoms with Gasteiger partial charge in [0.25, 0.3) is 0 Å². The molecule has 0 unspecified atom stereocenters. The lowest BCUT2D eigenvalue weighted by Gasteiger charge is -2.03. The minimum Gasteiger partial charge on any atom is -0.409 e. The van der Waals surface area contributed by atoms with E-state index in [-0.39, 0.29) is 5.84 Å². The number of hydrogen-bond acceptors (Lipinski definition) is 4. The molecule has 2 amide bonds. The lowest BCUT2D eigenvalue weighted by molar-refractivity contribution is 0.249. The number of amidine groups is 1. The maximum absolute atomic E-state index is 10.2. The van der Waals surface area contributed by atoms with Crippen LogP contribution in [0.1, 0.15) is 6.42 Å². The second-order valence-electron chi connectivity index (χ2n) is 2.38. The van der Waals surface area contributed by atoms with Crippen LogP contribution >= 0.6 is 0 Å². The molecule has 0 heterocycles. The Balaban J connectivity index is 3.13. The predicted molar refractivity (Wildman–Crippen MR) is 48.5 cm³/mol. The van der Waals surface area contributed by atoms with Crippen molar-refractivity contribution in [2.45, 2.75) is 6.42 Å². The van der Waals surface area contributed by atoms with Crippen LogP contribution < -0.4 is 22.1 Å². The molecule has 0 aliphatic rings. The fraction of sp³-hybridized carbons (Fsp3) is 0.667. The first-order valence-electron chi connectivity index (χ1n) is 3.87. The van der Waals surface area contributed by atoms with Crippen LogP contribution in [0, 0.1) is 0 Å². The molecule has 7 nitrogen and oxygen atoms in total. The van der Waals surface area contributed by atoms with E-state index in [9.17, 15) is 4.79 Å². The lowest BCUT2D eigenvalue weighted by Crippen LogP contribution is -2.36. The van der Waals surface area contributed by atoms with Gasteiger partial charge < -0.3 is 27.3 Å². The molecule has 0 spiro atoms. The summed E-state index contributed by atoms with van der Waals surface area (Å²) >= 11 is 0. The monoisotopic (exact) mass is 189 g/mol. The highest BCUT2D eigenvalue weighted by Crippen LogP contribution is 1.75. The molecule has 0 rings (SSSR count). The van der Waals surface area contributed by atoms with Crippen LogP contribution in [0.4, 0.5) is 4.79 Å². The van der Waals surface area contributed by atoms with Gasteiger partial charge in [-0.2, -0.15) is 0 Å². The number of urea groups is 1. The molecule has 7 heteroatoms. The highest BCUT2D eigenvalue weighted by molar-refractivity contribution is 5.79. The van der Waals surface area contributed by atoms with Gasteiger partial charge in [-0.3, -0.25) is 0 Å². The van der Waals surface area contributed by atoms with E-state index in [0.717, 1.165) is 0 Å². The highest BCUT2D eigenvalue weighted by atomic mass is 16.4. The molecule has 13 heavy (non-hydrogen) atoms. The van der Waals surface area contributed by atoms with Crippen molar-refractivity contribution in [2.75, 3.05) is 19.6 Å². The Morgan fingerprint density at radius 1 is 1.31 bits per heavy atom. The largest absolute Gasteiger partial charge is 0.409 e. The molecular formula is C6H15N5O2. The summed E-state index contributed by atoms with van der Waals surface area (Å²) in [4.78, 5) is 10.2. The molecular weight excluding hydrogens is 174 g/mol. The number of primary amides is 1. The maximum Gasteiger partial charge on any atom is 0.312 e. The molecule has 0 atom stereocenters. The fourth-order valence-electron chi connectivity index (χ4n) is 0.666. The Morgan fingerprint density at radius 2 is 2.00 bits per heavy atom. The molecule has 0 bridgehead atoms. The number of nitrogens with one attached hydrogen (secondary N) is 2. The van der Waals surface area contributed by atoms with Gasteiger partial charge in [0.15, 0.2) is 0 Å². The van der Waals surface area contributed by atoms with Gasteiger partial charge in [0.2, 0.25) is 0 Å². The lowest BCUT2D eigenvalue weighted by atomic mass is 10.4. The van der Waals surface area contributed by atoms with Gasteiger partial charge in [0.05, 0.1) is 0 Å². The molecule has 0 aromatic carbocycles. The van der Waals surface area contributed by atoms with Gasteiger partial charge in [-0.25, -0.2) is 4.79 Å². The topological polar surface area (TPSA) is 126 Å². The van der Waals surface area contributed by atoms with Gasteiger partial charge in [0.1, 0.15) is 5.84 Å². The first-order chi connectivity index (χ1) is 6.16. The van der Waals surface area contributed by atoms with Crippen LogP contribution in [-0.2, 0) is 0 Å². The van der Waals surface area contributed by atoms with E-state index in [2.05, 4.69) is 15.8 Å². The first kappa shape index (κ1) is 11.5. The van der Waals surface area contributed by atoms with Gasteiger partial charge in [-0.05, 0) is 0 Å². The minimum atomic E-state index is -0.543. The van der Waals surface area contributed by atoms with Gasteiger partial charge >= 0.3 is 6.03 Å². The zero-order valence-corrected chi connectivity index (χ0v) is 7.29. The average Bonchev–Trinajstić information content (AvgIpc) is 2.10. The quantitative estimate of drug-likeness (QED) is 0.113. The average molecular weight is 189 g/mol. The molecule has 0 aliphatic carbocycles. The second kappa shape index (κ2) is 7.17. The summed E-state index contributed by atoms with van der Waals surface area (Å²) in [6.07, 6.45) is 0.465. The summed E-state index contributed by atoms with van der Waals surface area (Å²) in [6.45, 7) is 1.66. The molecule has 7 N–H and O–H groups in total. The first-order valence-corrected chi connectivity index (χ1v) is 3.87. The molecule has 0 aromatic rings. The zero-order valence-electron chi connectivity index (χ0n) is 7.29. The predicted octanol–water partition coefficient (Wildman–Crippen LogP) is -1.62. The fourth-order valence-corrected chi connectivity index (χ4v) is 0.666. The zero-order chi connectivity index (χ0) is 10.1. The van der Waals surface area contributed by atoms with Crippen LogP contribution in [0.2, 0.25) is 0 Å². The third-order valence-electron chi connectivity index (χ3n) is 1.29. The number of carbonyl (C=O) groups excluding carboxylic acids is 1. The molecule has 76 valence electrons. The normalized spacial score (nSPS) is 11.2. The Morgan fingerprint density at radius 3 is 2.54 bits per heavy atom. The van der Waals surface area contributed by atoms with E-state index >= 15 is 0 Å². The minimum absolute atomic E-state index is 0.176. The molecule has 0 saturated heterocycles. The molecule has 0 radical (unpaired) electrons. The van der Waals surface area contributed by atoms with Gasteiger partial charge in [0, 0.05) is 26.1 Å². The number of amides is 2. The maximum atomic E-state index is 10.2. The van der Waals surface area contributed by atoms with Crippen LogP contribution in [0.5, 0.6) is 0 Å². The molecule has 0 fully saturated rings. The van der Waals surface area contributed by atoms with Crippen molar-refractivity contribution >= 4 is 11.9 Å². The number of hydrogen-bond donors (Lipinski definition) is 5. The summed E-state index contributed by atoms with van der Waals surface area (Å²) in [7, 11) is 0. The van der Waals surface area contributed by atoms with Crippen LogP contribution in [0.25, 0.3) is 0 Å². The van der Waals surface area contributed by atoms with Crippen molar-refractivity contribution < 1.29 is 10.0 Å². The van der Waals surface area contributed by atoms with Crippen molar-refractivity contribution in [2.24, 2.45) is 16.6 Å². The Kier molecular flexibility index (Phi) is 6.34. The van der Waals surface area contributed by atoms with Gasteiger partial charge in [-0.1, -0.05) is 5.16 Å². The number of nitrogens with zero attached hydrogens (tertiary/aromatic N) is 1. The SMILES string of the molecule is NC(=O)NCCNCCC(N)=NO. The van der Waals surface area contributed by atoms with Crippen molar-refractivity contribution in [3.05, 3.63) is 0 Å². The van der Waals surface area contributed by atoms with E-state index in [1.165, 1.54) is 0 Å². The van der Waals surface area contributed by atoms with Crippen molar-refractivity contribution in [3.8, 4) is 0 Å². The highest BCUT2D eigenvalue weighted by Gasteiger charge is 1.93. The number of carbonyl (C=O) groups is 1. The van der Waals surface area contributed by atoms with Crippen LogP contribution in [-0.4, -0.2) is 36.7 Å². The summed E-state index contributed by atoms with van der Waals surface area (Å²) in [5.74, 6) is 0.176. The van der Waals surface area contributed by atoms with E-state index in [1.54, 1.807) is 0 Å². The van der Waals surface area contributed by atoms with Crippen molar-refractivity contribution in [1.29, 1.82) is 0 Å². The third-order valence-corrected chi connectivity index (χ3v) is 1.29. The van der Waals surface area contributed by atoms with E-state index in [0.29, 0.717) is 26.1 Å². The second-order valence-corrected chi connectivity index (χ2v) is 2.38. The van der Waals surface area contributed by atoms with Crippen LogP contribution in [0.15, 0.2) is 5.16 Å².